The molecule has 0 heterocycles. The van der Waals surface area contributed by atoms with Crippen LogP contribution in [0.4, 0.5) is 10.5 Å². The smallest absolute Gasteiger partial charge is 0.319 e. The van der Waals surface area contributed by atoms with E-state index in [1.807, 2.05) is 6.92 Å². The lowest BCUT2D eigenvalue weighted by molar-refractivity contribution is 0.159. The average Bonchev–Trinajstić information content (AvgIpc) is 3.23. The van der Waals surface area contributed by atoms with Crippen molar-refractivity contribution in [2.45, 2.75) is 25.3 Å². The van der Waals surface area contributed by atoms with E-state index in [0.29, 0.717) is 17.4 Å². The summed E-state index contributed by atoms with van der Waals surface area (Å²) < 4.78 is 5.90. The maximum Gasteiger partial charge on any atom is 0.319 e. The summed E-state index contributed by atoms with van der Waals surface area (Å²) in [6, 6.07) is 4.99. The number of halogens is 1. The Bertz CT molecular complexity index is 505. The van der Waals surface area contributed by atoms with E-state index in [-0.39, 0.29) is 12.6 Å². The minimum absolute atomic E-state index is 0.0581. The van der Waals surface area contributed by atoms with Crippen molar-refractivity contribution in [3.8, 4) is 5.75 Å². The summed E-state index contributed by atoms with van der Waals surface area (Å²) in [5, 5.41) is 15.1. The molecular weight excluding hydrogens is 324 g/mol. The van der Waals surface area contributed by atoms with Gasteiger partial charge < -0.3 is 20.5 Å². The Hall–Kier alpha value is -1.27. The van der Waals surface area contributed by atoms with Crippen molar-refractivity contribution in [1.82, 2.24) is 5.32 Å². The molecule has 1 fully saturated rings. The summed E-state index contributed by atoms with van der Waals surface area (Å²) in [7, 11) is 1.59. The molecule has 0 spiro atoms. The summed E-state index contributed by atoms with van der Waals surface area (Å²) >= 11 is 3.37. The van der Waals surface area contributed by atoms with Gasteiger partial charge in [0.2, 0.25) is 0 Å². The van der Waals surface area contributed by atoms with E-state index in [0.717, 1.165) is 17.3 Å². The van der Waals surface area contributed by atoms with E-state index in [1.165, 1.54) is 0 Å². The van der Waals surface area contributed by atoms with Crippen LogP contribution in [0.15, 0.2) is 22.7 Å². The van der Waals surface area contributed by atoms with Gasteiger partial charge >= 0.3 is 6.03 Å². The largest absolute Gasteiger partial charge is 0.496 e. The summed E-state index contributed by atoms with van der Waals surface area (Å²) in [6.45, 7) is 1.81. The highest BCUT2D eigenvalue weighted by Crippen LogP contribution is 2.39. The molecule has 3 N–H and O–H groups in total. The molecule has 1 unspecified atom stereocenters. The fourth-order valence-electron chi connectivity index (χ4n) is 2.16. The summed E-state index contributed by atoms with van der Waals surface area (Å²) in [6.07, 6.45) is 2.09. The van der Waals surface area contributed by atoms with Crippen molar-refractivity contribution < 1.29 is 14.6 Å². The molecule has 1 aromatic rings. The third-order valence-electron chi connectivity index (χ3n) is 3.62. The number of ether oxygens (including phenoxy) is 1. The topological polar surface area (TPSA) is 70.6 Å². The molecule has 1 aliphatic rings. The monoisotopic (exact) mass is 342 g/mol. The first-order valence-corrected chi connectivity index (χ1v) is 7.31. The molecule has 0 saturated heterocycles. The number of rotatable bonds is 5. The summed E-state index contributed by atoms with van der Waals surface area (Å²) in [5.41, 5.74) is 0.111. The third-order valence-corrected chi connectivity index (χ3v) is 4.24. The van der Waals surface area contributed by atoms with Crippen LogP contribution in [0.2, 0.25) is 0 Å². The molecule has 2 rings (SSSR count). The second-order valence-electron chi connectivity index (χ2n) is 5.28. The molecule has 1 aliphatic carbocycles. The van der Waals surface area contributed by atoms with Gasteiger partial charge in [-0.3, -0.25) is 0 Å². The Balaban J connectivity index is 1.99. The van der Waals surface area contributed by atoms with Crippen LogP contribution in [0.1, 0.15) is 19.8 Å². The van der Waals surface area contributed by atoms with Gasteiger partial charge in [-0.25, -0.2) is 4.79 Å². The molecule has 20 heavy (non-hydrogen) atoms. The number of anilines is 1. The van der Waals surface area contributed by atoms with E-state index in [2.05, 4.69) is 26.6 Å². The van der Waals surface area contributed by atoms with Crippen molar-refractivity contribution in [2.75, 3.05) is 19.0 Å². The van der Waals surface area contributed by atoms with Crippen LogP contribution < -0.4 is 15.4 Å². The van der Waals surface area contributed by atoms with Crippen molar-refractivity contribution in [3.05, 3.63) is 22.7 Å². The van der Waals surface area contributed by atoms with E-state index >= 15 is 0 Å². The first-order chi connectivity index (χ1) is 9.48. The molecule has 0 radical (unpaired) electrons. The Labute approximate surface area is 126 Å². The Morgan fingerprint density at radius 2 is 2.25 bits per heavy atom. The minimum Gasteiger partial charge on any atom is -0.496 e. The van der Waals surface area contributed by atoms with Gasteiger partial charge in [-0.1, -0.05) is 0 Å². The first kappa shape index (κ1) is 15.1. The highest BCUT2D eigenvalue weighted by atomic mass is 79.9. The lowest BCUT2D eigenvalue weighted by Crippen LogP contribution is -2.52. The van der Waals surface area contributed by atoms with E-state index in [9.17, 15) is 9.90 Å². The number of carbonyl (C=O) groups is 1. The van der Waals surface area contributed by atoms with Crippen molar-refractivity contribution in [2.24, 2.45) is 5.92 Å². The summed E-state index contributed by atoms with van der Waals surface area (Å²) in [4.78, 5) is 12.0. The fraction of sp³-hybridized carbons (Fsp3) is 0.500. The number of amides is 2. The van der Waals surface area contributed by atoms with Gasteiger partial charge in [0.15, 0.2) is 0 Å². The van der Waals surface area contributed by atoms with E-state index in [4.69, 9.17) is 4.74 Å². The minimum atomic E-state index is -0.548. The zero-order chi connectivity index (χ0) is 14.8. The molecule has 0 bridgehead atoms. The van der Waals surface area contributed by atoms with Gasteiger partial charge in [-0.2, -0.15) is 0 Å². The van der Waals surface area contributed by atoms with Crippen LogP contribution in [0.25, 0.3) is 0 Å². The Morgan fingerprint density at radius 3 is 2.75 bits per heavy atom. The maximum absolute atomic E-state index is 12.0. The standard InChI is InChI=1S/C14H19BrN2O3/c1-14(8-18,9-3-4-9)17-13(19)16-10-5-6-12(20-2)11(15)7-10/h5-7,9,18H,3-4,8H2,1-2H3,(H2,16,17,19). The van der Waals surface area contributed by atoms with Crippen LogP contribution in [-0.2, 0) is 0 Å². The zero-order valence-electron chi connectivity index (χ0n) is 11.6. The van der Waals surface area contributed by atoms with Crippen molar-refractivity contribution >= 4 is 27.6 Å². The van der Waals surface area contributed by atoms with Gasteiger partial charge in [0, 0.05) is 5.69 Å². The number of aliphatic hydroxyl groups excluding tert-OH is 1. The molecule has 0 aromatic heterocycles. The lowest BCUT2D eigenvalue weighted by Gasteiger charge is -2.28. The maximum atomic E-state index is 12.0. The normalized spacial score (nSPS) is 17.2. The van der Waals surface area contributed by atoms with Crippen LogP contribution in [0.3, 0.4) is 0 Å². The van der Waals surface area contributed by atoms with Gasteiger partial charge in [-0.15, -0.1) is 0 Å². The van der Waals surface area contributed by atoms with Gasteiger partial charge in [0.1, 0.15) is 5.75 Å². The molecule has 1 saturated carbocycles. The molecule has 110 valence electrons. The van der Waals surface area contributed by atoms with Crippen LogP contribution in [-0.4, -0.2) is 30.4 Å². The lowest BCUT2D eigenvalue weighted by atomic mass is 9.97. The van der Waals surface area contributed by atoms with Crippen molar-refractivity contribution in [1.29, 1.82) is 0 Å². The Kier molecular flexibility index (Phi) is 4.55. The van der Waals surface area contributed by atoms with Crippen molar-refractivity contribution in [3.63, 3.8) is 0 Å². The number of nitrogens with one attached hydrogen (secondary N) is 2. The number of hydrogen-bond acceptors (Lipinski definition) is 3. The second-order valence-corrected chi connectivity index (χ2v) is 6.13. The second kappa shape index (κ2) is 6.01. The highest BCUT2D eigenvalue weighted by molar-refractivity contribution is 9.10. The number of urea groups is 1. The highest BCUT2D eigenvalue weighted by Gasteiger charge is 2.42. The quantitative estimate of drug-likeness (QED) is 0.770. The molecular formula is C14H19BrN2O3. The number of benzene rings is 1. The predicted molar refractivity (Wildman–Crippen MR) is 81.1 cm³/mol. The SMILES string of the molecule is COc1ccc(NC(=O)NC(C)(CO)C2CC2)cc1Br. The van der Waals surface area contributed by atoms with Crippen LogP contribution >= 0.6 is 15.9 Å². The van der Waals surface area contributed by atoms with Gasteiger partial charge in [0.05, 0.1) is 23.7 Å². The molecule has 1 atom stereocenters. The molecule has 0 aliphatic heterocycles. The van der Waals surface area contributed by atoms with Crippen LogP contribution in [0, 0.1) is 5.92 Å². The Morgan fingerprint density at radius 1 is 1.55 bits per heavy atom. The number of hydrogen-bond donors (Lipinski definition) is 3. The number of methoxy groups -OCH3 is 1. The average molecular weight is 343 g/mol. The fourth-order valence-corrected chi connectivity index (χ4v) is 2.70. The summed E-state index contributed by atoms with van der Waals surface area (Å²) in [5.74, 6) is 1.06. The number of aliphatic hydroxyl groups is 1. The molecule has 5 nitrogen and oxygen atoms in total. The molecule has 2 amide bonds. The van der Waals surface area contributed by atoms with E-state index < -0.39 is 5.54 Å². The van der Waals surface area contributed by atoms with E-state index in [1.54, 1.807) is 25.3 Å². The number of carbonyl (C=O) groups excluding carboxylic acids is 1. The van der Waals surface area contributed by atoms with Crippen LogP contribution in [0.5, 0.6) is 5.75 Å². The third kappa shape index (κ3) is 3.43. The molecule has 6 heteroatoms. The first-order valence-electron chi connectivity index (χ1n) is 6.52. The molecule has 1 aromatic carbocycles. The predicted octanol–water partition coefficient (Wildman–Crippen LogP) is 2.74. The van der Waals surface area contributed by atoms with Gasteiger partial charge in [-0.05, 0) is 59.8 Å². The van der Waals surface area contributed by atoms with Gasteiger partial charge in [0.25, 0.3) is 0 Å². The zero-order valence-corrected chi connectivity index (χ0v) is 13.2.